The van der Waals surface area contributed by atoms with Gasteiger partial charge in [0.15, 0.2) is 9.84 Å². The third-order valence-electron chi connectivity index (χ3n) is 3.87. The third kappa shape index (κ3) is 3.76. The van der Waals surface area contributed by atoms with Crippen LogP contribution in [0.2, 0.25) is 0 Å². The van der Waals surface area contributed by atoms with Crippen LogP contribution in [0.25, 0.3) is 0 Å². The van der Waals surface area contributed by atoms with Crippen LogP contribution in [-0.4, -0.2) is 30.4 Å². The molecular formula is C15H17F2N3O2S. The van der Waals surface area contributed by atoms with Gasteiger partial charge in [0.2, 0.25) is 0 Å². The van der Waals surface area contributed by atoms with E-state index in [9.17, 15) is 17.2 Å². The number of benzene rings is 1. The molecule has 1 aromatic carbocycles. The Morgan fingerprint density at radius 1 is 1.30 bits per heavy atom. The van der Waals surface area contributed by atoms with Gasteiger partial charge in [-0.1, -0.05) is 24.3 Å². The molecule has 2 aromatic rings. The molecule has 23 heavy (non-hydrogen) atoms. The van der Waals surface area contributed by atoms with Crippen molar-refractivity contribution in [1.29, 1.82) is 0 Å². The Labute approximate surface area is 133 Å². The highest BCUT2D eigenvalue weighted by molar-refractivity contribution is 7.90. The molecule has 0 saturated carbocycles. The fourth-order valence-corrected chi connectivity index (χ4v) is 4.51. The van der Waals surface area contributed by atoms with Crippen molar-refractivity contribution >= 4 is 9.84 Å². The van der Waals surface area contributed by atoms with E-state index >= 15 is 0 Å². The fraction of sp³-hybridized carbons (Fsp3) is 0.400. The molecule has 0 radical (unpaired) electrons. The van der Waals surface area contributed by atoms with E-state index in [1.807, 2.05) is 24.3 Å². The first kappa shape index (κ1) is 16.1. The van der Waals surface area contributed by atoms with E-state index in [1.165, 1.54) is 10.9 Å². The Hall–Kier alpha value is -1.80. The van der Waals surface area contributed by atoms with E-state index < -0.39 is 22.8 Å². The normalized spacial score (nSPS) is 19.7. The molecule has 8 heteroatoms. The first-order chi connectivity index (χ1) is 10.9. The maximum absolute atomic E-state index is 12.5. The maximum atomic E-state index is 12.5. The number of hydrogen-bond donors (Lipinski definition) is 1. The maximum Gasteiger partial charge on any atom is 0.257 e. The van der Waals surface area contributed by atoms with E-state index in [-0.39, 0.29) is 24.1 Å². The Bertz CT molecular complexity index is 790. The molecule has 0 spiro atoms. The van der Waals surface area contributed by atoms with Crippen molar-refractivity contribution in [3.8, 4) is 0 Å². The summed E-state index contributed by atoms with van der Waals surface area (Å²) >= 11 is 0. The molecule has 0 amide bonds. The van der Waals surface area contributed by atoms with Crippen LogP contribution >= 0.6 is 0 Å². The number of rotatable bonds is 5. The first-order valence-electron chi connectivity index (χ1n) is 7.25. The molecule has 1 aliphatic heterocycles. The van der Waals surface area contributed by atoms with Crippen molar-refractivity contribution in [1.82, 2.24) is 15.1 Å². The van der Waals surface area contributed by atoms with Crippen molar-refractivity contribution in [2.24, 2.45) is 0 Å². The van der Waals surface area contributed by atoms with E-state index in [2.05, 4.69) is 10.4 Å². The Kier molecular flexibility index (Phi) is 4.45. The predicted molar refractivity (Wildman–Crippen MR) is 81.7 cm³/mol. The van der Waals surface area contributed by atoms with E-state index in [1.54, 1.807) is 6.07 Å². The second-order valence-electron chi connectivity index (χ2n) is 5.58. The van der Waals surface area contributed by atoms with Crippen LogP contribution in [0.15, 0.2) is 36.5 Å². The lowest BCUT2D eigenvalue weighted by atomic mass is 10.0. The van der Waals surface area contributed by atoms with Gasteiger partial charge in [-0.3, -0.25) is 4.68 Å². The number of nitrogens with zero attached hydrogens (tertiary/aromatic N) is 2. The number of sulfone groups is 1. The molecule has 0 aliphatic carbocycles. The molecule has 0 saturated heterocycles. The van der Waals surface area contributed by atoms with Crippen molar-refractivity contribution in [3.05, 3.63) is 53.3 Å². The van der Waals surface area contributed by atoms with Crippen LogP contribution in [0.1, 0.15) is 22.9 Å². The summed E-state index contributed by atoms with van der Waals surface area (Å²) in [4.78, 5) is 0. The van der Waals surface area contributed by atoms with Crippen LogP contribution in [-0.2, 0) is 28.7 Å². The second-order valence-corrected chi connectivity index (χ2v) is 7.69. The first-order valence-corrected chi connectivity index (χ1v) is 9.07. The third-order valence-corrected chi connectivity index (χ3v) is 5.46. The highest BCUT2D eigenvalue weighted by atomic mass is 32.2. The molecule has 1 unspecified atom stereocenters. The largest absolute Gasteiger partial charge is 0.303 e. The smallest absolute Gasteiger partial charge is 0.257 e. The molecule has 124 valence electrons. The van der Waals surface area contributed by atoms with Crippen molar-refractivity contribution < 1.29 is 17.2 Å². The van der Waals surface area contributed by atoms with E-state index in [0.29, 0.717) is 5.69 Å². The fourth-order valence-electron chi connectivity index (χ4n) is 2.85. The summed E-state index contributed by atoms with van der Waals surface area (Å²) in [5.74, 6) is 0.0532. The molecule has 1 aromatic heterocycles. The van der Waals surface area contributed by atoms with E-state index in [0.717, 1.165) is 11.1 Å². The number of hydrogen-bond acceptors (Lipinski definition) is 4. The quantitative estimate of drug-likeness (QED) is 0.902. The summed E-state index contributed by atoms with van der Waals surface area (Å²) in [7, 11) is -3.17. The van der Waals surface area contributed by atoms with Gasteiger partial charge in [-0.25, -0.2) is 17.2 Å². The van der Waals surface area contributed by atoms with Gasteiger partial charge < -0.3 is 5.32 Å². The zero-order valence-electron chi connectivity index (χ0n) is 12.3. The summed E-state index contributed by atoms with van der Waals surface area (Å²) in [5, 5.41) is 7.04. The predicted octanol–water partition coefficient (Wildman–Crippen LogP) is 1.91. The topological polar surface area (TPSA) is 64.0 Å². The van der Waals surface area contributed by atoms with Gasteiger partial charge in [0.05, 0.1) is 17.2 Å². The van der Waals surface area contributed by atoms with Gasteiger partial charge in [0, 0.05) is 18.8 Å². The Balaban J connectivity index is 1.77. The van der Waals surface area contributed by atoms with Gasteiger partial charge in [0.25, 0.3) is 6.43 Å². The lowest BCUT2D eigenvalue weighted by Gasteiger charge is -2.26. The lowest BCUT2D eigenvalue weighted by Crippen LogP contribution is -2.33. The van der Waals surface area contributed by atoms with Crippen molar-refractivity contribution in [2.75, 3.05) is 5.75 Å². The van der Waals surface area contributed by atoms with Crippen LogP contribution in [0, 0.1) is 0 Å². The van der Waals surface area contributed by atoms with Gasteiger partial charge in [-0.15, -0.1) is 0 Å². The summed E-state index contributed by atoms with van der Waals surface area (Å²) in [6.07, 6.45) is -1.02. The SMILES string of the molecule is O=S1(=O)Cc2ccccc2C(NCc2ccnn2CC(F)F)C1. The minimum absolute atomic E-state index is 0.00694. The highest BCUT2D eigenvalue weighted by Crippen LogP contribution is 2.28. The molecule has 0 bridgehead atoms. The minimum Gasteiger partial charge on any atom is -0.303 e. The standard InChI is InChI=1S/C15H17F2N3O2S/c16-15(17)8-20-12(5-6-19-20)7-18-14-10-23(21,22)9-11-3-1-2-4-13(11)14/h1-6,14-15,18H,7-10H2. The van der Waals surface area contributed by atoms with Gasteiger partial charge >= 0.3 is 0 Å². The molecular weight excluding hydrogens is 324 g/mol. The molecule has 0 fully saturated rings. The van der Waals surface area contributed by atoms with Gasteiger partial charge in [-0.2, -0.15) is 5.10 Å². The van der Waals surface area contributed by atoms with Gasteiger partial charge in [0.1, 0.15) is 6.54 Å². The average molecular weight is 341 g/mol. The van der Waals surface area contributed by atoms with Gasteiger partial charge in [-0.05, 0) is 17.2 Å². The molecule has 1 aliphatic rings. The second kappa shape index (κ2) is 6.37. The average Bonchev–Trinajstić information content (AvgIpc) is 2.90. The molecule has 1 N–H and O–H groups in total. The van der Waals surface area contributed by atoms with Crippen molar-refractivity contribution in [3.63, 3.8) is 0 Å². The summed E-state index contributed by atoms with van der Waals surface area (Å²) in [5.41, 5.74) is 2.34. The van der Waals surface area contributed by atoms with Crippen LogP contribution < -0.4 is 5.32 Å². The van der Waals surface area contributed by atoms with Crippen LogP contribution in [0.4, 0.5) is 8.78 Å². The minimum atomic E-state index is -3.17. The number of nitrogens with one attached hydrogen (secondary N) is 1. The lowest BCUT2D eigenvalue weighted by molar-refractivity contribution is 0.120. The van der Waals surface area contributed by atoms with Crippen LogP contribution in [0.3, 0.4) is 0 Å². The summed E-state index contributed by atoms with van der Waals surface area (Å²) < 4.78 is 50.3. The number of fused-ring (bicyclic) bond motifs is 1. The highest BCUT2D eigenvalue weighted by Gasteiger charge is 2.29. The zero-order chi connectivity index (χ0) is 16.4. The van der Waals surface area contributed by atoms with Crippen molar-refractivity contribution in [2.45, 2.75) is 31.3 Å². The molecule has 1 atom stereocenters. The van der Waals surface area contributed by atoms with Crippen LogP contribution in [0.5, 0.6) is 0 Å². The number of aromatic nitrogens is 2. The van der Waals surface area contributed by atoms with E-state index in [4.69, 9.17) is 0 Å². The molecule has 5 nitrogen and oxygen atoms in total. The summed E-state index contributed by atoms with van der Waals surface area (Å²) in [6, 6.07) is 8.69. The zero-order valence-corrected chi connectivity index (χ0v) is 13.1. The number of alkyl halides is 2. The number of halogens is 2. The Morgan fingerprint density at radius 3 is 2.87 bits per heavy atom. The molecule has 2 heterocycles. The monoisotopic (exact) mass is 341 g/mol. The Morgan fingerprint density at radius 2 is 2.09 bits per heavy atom. The molecule has 3 rings (SSSR count). The summed E-state index contributed by atoms with van der Waals surface area (Å²) in [6.45, 7) is -0.190.